The average molecular weight is 303 g/mol. The molecule has 1 N–H and O–H groups in total. The number of nitrogens with zero attached hydrogens (tertiary/aromatic N) is 1. The van der Waals surface area contributed by atoms with Crippen molar-refractivity contribution in [2.24, 2.45) is 5.92 Å². The lowest BCUT2D eigenvalue weighted by Crippen LogP contribution is -2.19. The first kappa shape index (κ1) is 16.1. The van der Waals surface area contributed by atoms with Gasteiger partial charge in [-0.05, 0) is 38.0 Å². The monoisotopic (exact) mass is 303 g/mol. The molecule has 1 aromatic heterocycles. The van der Waals surface area contributed by atoms with Gasteiger partial charge in [-0.1, -0.05) is 13.8 Å². The summed E-state index contributed by atoms with van der Waals surface area (Å²) in [4.78, 5) is 23.7. The molecule has 0 aliphatic heterocycles. The summed E-state index contributed by atoms with van der Waals surface area (Å²) in [7, 11) is 0. The standard InChI is InChI=1S/C17H21NO4/c1-10(2)9-22-12-5-6-15-13(7-12)16(19)14(17(20)21)8-18(15)11(3)4/h5-8,10-11H,9H2,1-4H3,(H,20,21). The lowest BCUT2D eigenvalue weighted by atomic mass is 10.1. The number of pyridine rings is 1. The third kappa shape index (κ3) is 3.13. The molecule has 1 heterocycles. The second kappa shape index (κ2) is 6.22. The molecule has 0 saturated heterocycles. The van der Waals surface area contributed by atoms with Crippen molar-refractivity contribution in [3.8, 4) is 5.75 Å². The summed E-state index contributed by atoms with van der Waals surface area (Å²) in [5.74, 6) is -0.265. The number of fused-ring (bicyclic) bond motifs is 1. The van der Waals surface area contributed by atoms with Crippen LogP contribution in [0.2, 0.25) is 0 Å². The summed E-state index contributed by atoms with van der Waals surface area (Å²) in [6.07, 6.45) is 1.41. The molecular formula is C17H21NO4. The van der Waals surface area contributed by atoms with Crippen LogP contribution >= 0.6 is 0 Å². The predicted octanol–water partition coefficient (Wildman–Crippen LogP) is 3.32. The number of hydrogen-bond acceptors (Lipinski definition) is 3. The van der Waals surface area contributed by atoms with Crippen molar-refractivity contribution in [2.45, 2.75) is 33.7 Å². The molecule has 2 aromatic rings. The summed E-state index contributed by atoms with van der Waals surface area (Å²) in [5, 5.41) is 9.60. The third-order valence-corrected chi connectivity index (χ3v) is 3.37. The number of carboxylic acids is 1. The maximum Gasteiger partial charge on any atom is 0.341 e. The number of carboxylic acid groups (broad SMARTS) is 1. The number of aromatic carboxylic acids is 1. The van der Waals surface area contributed by atoms with Crippen LogP contribution in [-0.2, 0) is 0 Å². The van der Waals surface area contributed by atoms with E-state index in [1.807, 2.05) is 33.8 Å². The van der Waals surface area contributed by atoms with E-state index in [1.165, 1.54) is 6.20 Å². The molecule has 0 spiro atoms. The molecule has 0 amide bonds. The lowest BCUT2D eigenvalue weighted by molar-refractivity contribution is 0.0694. The van der Waals surface area contributed by atoms with Crippen LogP contribution in [0.15, 0.2) is 29.2 Å². The van der Waals surface area contributed by atoms with Crippen LogP contribution in [0.5, 0.6) is 5.75 Å². The van der Waals surface area contributed by atoms with E-state index in [9.17, 15) is 14.7 Å². The van der Waals surface area contributed by atoms with Crippen molar-refractivity contribution in [3.63, 3.8) is 0 Å². The Morgan fingerprint density at radius 1 is 1.27 bits per heavy atom. The van der Waals surface area contributed by atoms with E-state index in [1.54, 1.807) is 16.7 Å². The first-order chi connectivity index (χ1) is 10.3. The van der Waals surface area contributed by atoms with Crippen molar-refractivity contribution >= 4 is 16.9 Å². The van der Waals surface area contributed by atoms with E-state index in [4.69, 9.17) is 4.74 Å². The Labute approximate surface area is 129 Å². The van der Waals surface area contributed by atoms with Gasteiger partial charge >= 0.3 is 5.97 Å². The number of benzene rings is 1. The highest BCUT2D eigenvalue weighted by molar-refractivity contribution is 5.93. The van der Waals surface area contributed by atoms with E-state index in [0.29, 0.717) is 29.2 Å². The number of carbonyl (C=O) groups is 1. The van der Waals surface area contributed by atoms with Crippen molar-refractivity contribution in [2.75, 3.05) is 6.61 Å². The van der Waals surface area contributed by atoms with E-state index in [2.05, 4.69) is 0 Å². The van der Waals surface area contributed by atoms with Crippen molar-refractivity contribution in [1.29, 1.82) is 0 Å². The Bertz CT molecular complexity index is 759. The van der Waals surface area contributed by atoms with Gasteiger partial charge in [0.05, 0.1) is 17.5 Å². The molecule has 0 bridgehead atoms. The van der Waals surface area contributed by atoms with Crippen molar-refractivity contribution in [1.82, 2.24) is 4.57 Å². The van der Waals surface area contributed by atoms with Gasteiger partial charge in [-0.25, -0.2) is 4.79 Å². The summed E-state index contributed by atoms with van der Waals surface area (Å²) in [5.41, 5.74) is 0.0125. The summed E-state index contributed by atoms with van der Waals surface area (Å²) in [6.45, 7) is 8.50. The smallest absolute Gasteiger partial charge is 0.341 e. The largest absolute Gasteiger partial charge is 0.493 e. The van der Waals surface area contributed by atoms with E-state index in [0.717, 1.165) is 0 Å². The molecule has 5 nitrogen and oxygen atoms in total. The van der Waals surface area contributed by atoms with Crippen LogP contribution in [0.25, 0.3) is 10.9 Å². The maximum atomic E-state index is 12.4. The van der Waals surface area contributed by atoms with Crippen LogP contribution < -0.4 is 10.2 Å². The highest BCUT2D eigenvalue weighted by atomic mass is 16.5. The van der Waals surface area contributed by atoms with Gasteiger partial charge in [-0.2, -0.15) is 0 Å². The number of ether oxygens (including phenoxy) is 1. The minimum absolute atomic E-state index is 0.0450. The predicted molar refractivity (Wildman–Crippen MR) is 85.9 cm³/mol. The first-order valence-corrected chi connectivity index (χ1v) is 7.36. The highest BCUT2D eigenvalue weighted by Gasteiger charge is 2.16. The van der Waals surface area contributed by atoms with Gasteiger partial charge in [0, 0.05) is 12.2 Å². The quantitative estimate of drug-likeness (QED) is 0.920. The van der Waals surface area contributed by atoms with Gasteiger partial charge in [0.25, 0.3) is 0 Å². The van der Waals surface area contributed by atoms with Gasteiger partial charge in [0.2, 0.25) is 5.43 Å². The average Bonchev–Trinajstić information content (AvgIpc) is 2.44. The zero-order valence-electron chi connectivity index (χ0n) is 13.3. The molecule has 118 valence electrons. The van der Waals surface area contributed by atoms with Gasteiger partial charge < -0.3 is 14.4 Å². The van der Waals surface area contributed by atoms with Gasteiger partial charge in [0.15, 0.2) is 0 Å². The molecule has 1 aromatic carbocycles. The molecule has 0 radical (unpaired) electrons. The Morgan fingerprint density at radius 3 is 2.50 bits per heavy atom. The van der Waals surface area contributed by atoms with E-state index < -0.39 is 11.4 Å². The molecule has 0 saturated carbocycles. The highest BCUT2D eigenvalue weighted by Crippen LogP contribution is 2.22. The molecule has 2 rings (SSSR count). The second-order valence-electron chi connectivity index (χ2n) is 6.06. The molecule has 22 heavy (non-hydrogen) atoms. The fourth-order valence-electron chi connectivity index (χ4n) is 2.27. The second-order valence-corrected chi connectivity index (χ2v) is 6.06. The fourth-order valence-corrected chi connectivity index (χ4v) is 2.27. The van der Waals surface area contributed by atoms with Crippen LogP contribution in [0.1, 0.15) is 44.1 Å². The Morgan fingerprint density at radius 2 is 1.95 bits per heavy atom. The molecule has 0 unspecified atom stereocenters. The maximum absolute atomic E-state index is 12.4. The Balaban J connectivity index is 2.66. The normalized spacial score (nSPS) is 11.4. The zero-order chi connectivity index (χ0) is 16.4. The fraction of sp³-hybridized carbons (Fsp3) is 0.412. The summed E-state index contributed by atoms with van der Waals surface area (Å²) in [6, 6.07) is 5.29. The van der Waals surface area contributed by atoms with Gasteiger partial charge in [-0.3, -0.25) is 4.79 Å². The number of aromatic nitrogens is 1. The minimum atomic E-state index is -1.21. The number of rotatable bonds is 5. The Hall–Kier alpha value is -2.30. The third-order valence-electron chi connectivity index (χ3n) is 3.37. The molecule has 5 heteroatoms. The first-order valence-electron chi connectivity index (χ1n) is 7.36. The topological polar surface area (TPSA) is 68.5 Å². The van der Waals surface area contributed by atoms with Crippen LogP contribution in [0, 0.1) is 5.92 Å². The SMILES string of the molecule is CC(C)COc1ccc2c(c1)c(=O)c(C(=O)O)cn2C(C)C. The van der Waals surface area contributed by atoms with Gasteiger partial charge in [-0.15, -0.1) is 0 Å². The molecule has 0 aliphatic carbocycles. The van der Waals surface area contributed by atoms with Crippen LogP contribution in [0.4, 0.5) is 0 Å². The molecule has 0 aliphatic rings. The van der Waals surface area contributed by atoms with Gasteiger partial charge in [0.1, 0.15) is 11.3 Å². The summed E-state index contributed by atoms with van der Waals surface area (Å²) >= 11 is 0. The molecule has 0 fully saturated rings. The van der Waals surface area contributed by atoms with E-state index in [-0.39, 0.29) is 11.6 Å². The van der Waals surface area contributed by atoms with Crippen LogP contribution in [0.3, 0.4) is 0 Å². The van der Waals surface area contributed by atoms with Crippen molar-refractivity contribution in [3.05, 3.63) is 40.2 Å². The number of hydrogen-bond donors (Lipinski definition) is 1. The zero-order valence-corrected chi connectivity index (χ0v) is 13.3. The molecular weight excluding hydrogens is 282 g/mol. The van der Waals surface area contributed by atoms with E-state index >= 15 is 0 Å². The molecule has 0 atom stereocenters. The minimum Gasteiger partial charge on any atom is -0.493 e. The van der Waals surface area contributed by atoms with Crippen LogP contribution in [-0.4, -0.2) is 22.2 Å². The van der Waals surface area contributed by atoms with Crippen molar-refractivity contribution < 1.29 is 14.6 Å². The lowest BCUT2D eigenvalue weighted by Gasteiger charge is -2.17. The summed E-state index contributed by atoms with van der Waals surface area (Å²) < 4.78 is 7.43. The Kier molecular flexibility index (Phi) is 4.54.